The Labute approximate surface area is 219 Å². The van der Waals surface area contributed by atoms with Crippen molar-refractivity contribution >= 4 is 45.3 Å². The molecular formula is C28H29ClN4O2S. The predicted octanol–water partition coefficient (Wildman–Crippen LogP) is 6.01. The third-order valence-corrected chi connectivity index (χ3v) is 8.02. The maximum atomic E-state index is 13.1. The summed E-state index contributed by atoms with van der Waals surface area (Å²) in [6.07, 6.45) is 3.03. The number of halogens is 1. The molecule has 0 unspecified atom stereocenters. The number of aryl methyl sites for hydroxylation is 1. The Morgan fingerprint density at radius 3 is 2.56 bits per heavy atom. The first-order chi connectivity index (χ1) is 17.5. The van der Waals surface area contributed by atoms with E-state index >= 15 is 0 Å². The zero-order valence-corrected chi connectivity index (χ0v) is 21.8. The number of rotatable bonds is 7. The van der Waals surface area contributed by atoms with Crippen molar-refractivity contribution < 1.29 is 4.79 Å². The summed E-state index contributed by atoms with van der Waals surface area (Å²) in [6, 6.07) is 19.7. The largest absolute Gasteiger partial charge is 0.326 e. The van der Waals surface area contributed by atoms with Gasteiger partial charge < -0.3 is 10.2 Å². The molecule has 0 radical (unpaired) electrons. The van der Waals surface area contributed by atoms with Crippen molar-refractivity contribution in [2.45, 2.75) is 38.6 Å². The molecule has 186 valence electrons. The van der Waals surface area contributed by atoms with Crippen molar-refractivity contribution in [2.24, 2.45) is 0 Å². The summed E-state index contributed by atoms with van der Waals surface area (Å²) in [6.45, 7) is 5.08. The molecule has 1 aliphatic rings. The number of nitrogens with one attached hydrogen (secondary N) is 1. The maximum Gasteiger partial charge on any atom is 0.274 e. The van der Waals surface area contributed by atoms with Crippen molar-refractivity contribution in [3.8, 4) is 10.6 Å². The molecular weight excluding hydrogens is 492 g/mol. The molecule has 6 nitrogen and oxygen atoms in total. The molecule has 0 bridgehead atoms. The van der Waals surface area contributed by atoms with Crippen molar-refractivity contribution in [2.75, 3.05) is 25.0 Å². The SMILES string of the molecule is CC(=O)Nc1cccc(C2CCN(CCCn3nc(-c4ccc(Cl)s4)c4ccccc4c3=O)CC2)c1. The highest BCUT2D eigenvalue weighted by atomic mass is 35.5. The zero-order chi connectivity index (χ0) is 25.1. The van der Waals surface area contributed by atoms with Gasteiger partial charge in [-0.05, 0) is 80.7 Å². The number of anilines is 1. The minimum Gasteiger partial charge on any atom is -0.326 e. The highest BCUT2D eigenvalue weighted by Gasteiger charge is 2.21. The highest BCUT2D eigenvalue weighted by Crippen LogP contribution is 2.33. The number of nitrogens with zero attached hydrogens (tertiary/aromatic N) is 3. The van der Waals surface area contributed by atoms with Gasteiger partial charge in [-0.2, -0.15) is 5.10 Å². The number of amides is 1. The van der Waals surface area contributed by atoms with Crippen molar-refractivity contribution in [3.63, 3.8) is 0 Å². The first-order valence-electron chi connectivity index (χ1n) is 12.3. The number of benzene rings is 2. The van der Waals surface area contributed by atoms with E-state index in [1.807, 2.05) is 48.5 Å². The number of carbonyl (C=O) groups excluding carboxylic acids is 1. The van der Waals surface area contributed by atoms with E-state index in [4.69, 9.17) is 16.7 Å². The Kier molecular flexibility index (Phi) is 7.51. The number of aromatic nitrogens is 2. The second kappa shape index (κ2) is 10.9. The summed E-state index contributed by atoms with van der Waals surface area (Å²) in [5.41, 5.74) is 2.91. The molecule has 0 atom stereocenters. The minimum atomic E-state index is -0.0479. The molecule has 0 spiro atoms. The molecule has 1 fully saturated rings. The third kappa shape index (κ3) is 5.53. The van der Waals surface area contributed by atoms with Crippen molar-refractivity contribution in [3.05, 3.63) is 80.9 Å². The molecule has 2 aromatic heterocycles. The van der Waals surface area contributed by atoms with Gasteiger partial charge in [-0.3, -0.25) is 9.59 Å². The van der Waals surface area contributed by atoms with Gasteiger partial charge in [0.05, 0.1) is 14.6 Å². The van der Waals surface area contributed by atoms with E-state index in [0.29, 0.717) is 22.2 Å². The summed E-state index contributed by atoms with van der Waals surface area (Å²) < 4.78 is 2.32. The molecule has 1 aliphatic heterocycles. The van der Waals surface area contributed by atoms with Crippen LogP contribution in [0, 0.1) is 0 Å². The zero-order valence-electron chi connectivity index (χ0n) is 20.2. The molecule has 1 amide bonds. The van der Waals surface area contributed by atoms with Gasteiger partial charge in [-0.1, -0.05) is 41.9 Å². The van der Waals surface area contributed by atoms with Crippen molar-refractivity contribution in [1.82, 2.24) is 14.7 Å². The highest BCUT2D eigenvalue weighted by molar-refractivity contribution is 7.19. The van der Waals surface area contributed by atoms with E-state index in [2.05, 4.69) is 22.3 Å². The van der Waals surface area contributed by atoms with Crippen LogP contribution in [-0.4, -0.2) is 40.2 Å². The van der Waals surface area contributed by atoms with Crippen LogP contribution in [0.3, 0.4) is 0 Å². The van der Waals surface area contributed by atoms with E-state index in [0.717, 1.165) is 60.5 Å². The number of hydrogen-bond donors (Lipinski definition) is 1. The summed E-state index contributed by atoms with van der Waals surface area (Å²) in [7, 11) is 0. The standard InChI is InChI=1S/C28H29ClN4O2S/c1-19(34)30-22-7-4-6-21(18-22)20-12-16-32(17-13-20)14-5-15-33-28(35)24-9-3-2-8-23(24)27(31-33)25-10-11-26(29)36-25/h2-4,6-11,18,20H,5,12-17H2,1H3,(H,30,34). The van der Waals surface area contributed by atoms with E-state index < -0.39 is 0 Å². The molecule has 0 aliphatic carbocycles. The van der Waals surface area contributed by atoms with E-state index in [1.165, 1.54) is 23.8 Å². The van der Waals surface area contributed by atoms with Gasteiger partial charge in [0.1, 0.15) is 5.69 Å². The van der Waals surface area contributed by atoms with Crippen LogP contribution in [0.25, 0.3) is 21.3 Å². The minimum absolute atomic E-state index is 0.0465. The Bertz CT molecular complexity index is 1440. The fourth-order valence-corrected chi connectivity index (χ4v) is 6.06. The van der Waals surface area contributed by atoms with Crippen LogP contribution in [-0.2, 0) is 11.3 Å². The molecule has 4 aromatic rings. The summed E-state index contributed by atoms with van der Waals surface area (Å²) in [5.74, 6) is 0.452. The van der Waals surface area contributed by atoms with Crippen LogP contribution in [0.5, 0.6) is 0 Å². The van der Waals surface area contributed by atoms with Gasteiger partial charge in [-0.15, -0.1) is 11.3 Å². The fraction of sp³-hybridized carbons (Fsp3) is 0.321. The average molecular weight is 521 g/mol. The molecule has 8 heteroatoms. The number of hydrogen-bond acceptors (Lipinski definition) is 5. The molecule has 5 rings (SSSR count). The number of fused-ring (bicyclic) bond motifs is 1. The van der Waals surface area contributed by atoms with E-state index in [-0.39, 0.29) is 11.5 Å². The first kappa shape index (κ1) is 24.7. The molecule has 36 heavy (non-hydrogen) atoms. The molecule has 1 saturated heterocycles. The summed E-state index contributed by atoms with van der Waals surface area (Å²) in [4.78, 5) is 27.9. The van der Waals surface area contributed by atoms with Crippen molar-refractivity contribution in [1.29, 1.82) is 0 Å². The van der Waals surface area contributed by atoms with Crippen LogP contribution in [0.15, 0.2) is 65.5 Å². The van der Waals surface area contributed by atoms with Gasteiger partial charge in [0, 0.05) is 24.5 Å². The topological polar surface area (TPSA) is 67.2 Å². The average Bonchev–Trinajstić information content (AvgIpc) is 3.31. The second-order valence-corrected chi connectivity index (χ2v) is 11.0. The summed E-state index contributed by atoms with van der Waals surface area (Å²) in [5, 5.41) is 9.19. The van der Waals surface area contributed by atoms with E-state index in [9.17, 15) is 9.59 Å². The van der Waals surface area contributed by atoms with Crippen LogP contribution in [0.1, 0.15) is 37.7 Å². The second-order valence-electron chi connectivity index (χ2n) is 9.30. The van der Waals surface area contributed by atoms with Gasteiger partial charge in [0.2, 0.25) is 5.91 Å². The Balaban J connectivity index is 1.22. The Hall–Kier alpha value is -3.00. The number of carbonyl (C=O) groups is 1. The number of likely N-dealkylation sites (tertiary alicyclic amines) is 1. The normalized spacial score (nSPS) is 14.8. The Morgan fingerprint density at radius 2 is 1.83 bits per heavy atom. The van der Waals surface area contributed by atoms with Crippen LogP contribution in [0.4, 0.5) is 5.69 Å². The molecule has 2 aromatic carbocycles. The number of thiophene rings is 1. The number of piperidine rings is 1. The van der Waals surface area contributed by atoms with Gasteiger partial charge in [0.25, 0.3) is 5.56 Å². The smallest absolute Gasteiger partial charge is 0.274 e. The molecule has 1 N–H and O–H groups in total. The monoisotopic (exact) mass is 520 g/mol. The molecule has 3 heterocycles. The van der Waals surface area contributed by atoms with Gasteiger partial charge in [0.15, 0.2) is 0 Å². The molecule has 0 saturated carbocycles. The van der Waals surface area contributed by atoms with Gasteiger partial charge >= 0.3 is 0 Å². The maximum absolute atomic E-state index is 13.1. The lowest BCUT2D eigenvalue weighted by atomic mass is 9.89. The van der Waals surface area contributed by atoms with Crippen LogP contribution >= 0.6 is 22.9 Å². The van der Waals surface area contributed by atoms with Gasteiger partial charge in [-0.25, -0.2) is 4.68 Å². The summed E-state index contributed by atoms with van der Waals surface area (Å²) >= 11 is 7.66. The Morgan fingerprint density at radius 1 is 1.06 bits per heavy atom. The van der Waals surface area contributed by atoms with Crippen LogP contribution in [0.2, 0.25) is 4.34 Å². The van der Waals surface area contributed by atoms with E-state index in [1.54, 1.807) is 4.68 Å². The fourth-order valence-electron chi connectivity index (χ4n) is 5.02. The lowest BCUT2D eigenvalue weighted by molar-refractivity contribution is -0.114. The lowest BCUT2D eigenvalue weighted by Gasteiger charge is -2.32. The lowest BCUT2D eigenvalue weighted by Crippen LogP contribution is -2.34. The predicted molar refractivity (Wildman–Crippen MR) is 148 cm³/mol. The quantitative estimate of drug-likeness (QED) is 0.324. The third-order valence-electron chi connectivity index (χ3n) is 6.78. The first-order valence-corrected chi connectivity index (χ1v) is 13.5. The van der Waals surface area contributed by atoms with Crippen LogP contribution < -0.4 is 10.9 Å².